The van der Waals surface area contributed by atoms with Crippen LogP contribution in [0.3, 0.4) is 0 Å². The van der Waals surface area contributed by atoms with Crippen molar-refractivity contribution in [1.29, 1.82) is 0 Å². The first-order valence-corrected chi connectivity index (χ1v) is 2.56. The number of nitrogens with two attached hydrogens (primary N) is 2. The molecule has 1 aromatic rings. The highest BCUT2D eigenvalue weighted by Gasteiger charge is 1.99. The van der Waals surface area contributed by atoms with Crippen molar-refractivity contribution in [3.63, 3.8) is 0 Å². The van der Waals surface area contributed by atoms with Crippen molar-refractivity contribution in [3.05, 3.63) is 0 Å². The van der Waals surface area contributed by atoms with E-state index in [0.717, 1.165) is 0 Å². The smallest absolute Gasteiger partial charge is 0.256 e. The van der Waals surface area contributed by atoms with E-state index in [4.69, 9.17) is 16.7 Å². The minimum atomic E-state index is -0.0583. The van der Waals surface area contributed by atoms with E-state index in [1.165, 1.54) is 0 Å². The molecule has 0 saturated heterocycles. The number of rotatable bonds is 2. The van der Waals surface area contributed by atoms with E-state index in [9.17, 15) is 0 Å². The van der Waals surface area contributed by atoms with Gasteiger partial charge in [-0.25, -0.2) is 10.7 Å². The standard InChI is InChI=1S/C3H6N6O2/c4-1-6-2(5)8-3(7-1)9-11-10/h10H,(H5,4,5,6,7,8,9). The van der Waals surface area contributed by atoms with E-state index in [0.29, 0.717) is 0 Å². The molecule has 0 aliphatic carbocycles. The Kier molecular flexibility index (Phi) is 1.99. The molecule has 0 aliphatic heterocycles. The average molecular weight is 158 g/mol. The number of aromatic nitrogens is 3. The van der Waals surface area contributed by atoms with Gasteiger partial charge in [0.2, 0.25) is 11.9 Å². The van der Waals surface area contributed by atoms with Gasteiger partial charge in [-0.1, -0.05) is 0 Å². The zero-order valence-corrected chi connectivity index (χ0v) is 5.35. The molecule has 1 aromatic heterocycles. The molecule has 0 fully saturated rings. The van der Waals surface area contributed by atoms with Gasteiger partial charge in [0.05, 0.1) is 0 Å². The van der Waals surface area contributed by atoms with Crippen molar-refractivity contribution in [2.24, 2.45) is 0 Å². The normalized spacial score (nSPS) is 9.55. The van der Waals surface area contributed by atoms with Gasteiger partial charge in [-0.3, -0.25) is 0 Å². The molecular weight excluding hydrogens is 152 g/mol. The SMILES string of the molecule is Nc1nc(N)nc(NOO)n1. The fourth-order valence-electron chi connectivity index (χ4n) is 0.496. The van der Waals surface area contributed by atoms with Crippen LogP contribution in [0.5, 0.6) is 0 Å². The second-order valence-corrected chi connectivity index (χ2v) is 1.57. The largest absolute Gasteiger partial charge is 0.368 e. The molecular formula is C3H6N6O2. The van der Waals surface area contributed by atoms with Crippen LogP contribution in [-0.4, -0.2) is 20.2 Å². The lowest BCUT2D eigenvalue weighted by atomic mass is 10.8. The van der Waals surface area contributed by atoms with E-state index in [1.807, 2.05) is 5.48 Å². The Morgan fingerprint density at radius 2 is 1.73 bits per heavy atom. The van der Waals surface area contributed by atoms with E-state index in [1.54, 1.807) is 0 Å². The predicted molar refractivity (Wildman–Crippen MR) is 36.0 cm³/mol. The molecule has 1 rings (SSSR count). The first-order chi connectivity index (χ1) is 5.22. The third kappa shape index (κ3) is 1.88. The van der Waals surface area contributed by atoms with Crippen molar-refractivity contribution in [3.8, 4) is 0 Å². The van der Waals surface area contributed by atoms with Crippen molar-refractivity contribution in [1.82, 2.24) is 15.0 Å². The molecule has 0 amide bonds. The topological polar surface area (TPSA) is 132 Å². The Balaban J connectivity index is 2.89. The van der Waals surface area contributed by atoms with Crippen LogP contribution in [0.1, 0.15) is 0 Å². The summed E-state index contributed by atoms with van der Waals surface area (Å²) >= 11 is 0. The summed E-state index contributed by atoms with van der Waals surface area (Å²) in [5.74, 6) is -0.174. The lowest BCUT2D eigenvalue weighted by Crippen LogP contribution is -2.08. The van der Waals surface area contributed by atoms with Crippen molar-refractivity contribution >= 4 is 17.8 Å². The molecule has 0 saturated carbocycles. The van der Waals surface area contributed by atoms with Crippen LogP contribution in [0.25, 0.3) is 0 Å². The molecule has 0 radical (unpaired) electrons. The Morgan fingerprint density at radius 3 is 2.18 bits per heavy atom. The zero-order valence-electron chi connectivity index (χ0n) is 5.35. The number of nitrogens with one attached hydrogen (secondary N) is 1. The molecule has 0 aromatic carbocycles. The van der Waals surface area contributed by atoms with Crippen LogP contribution in [-0.2, 0) is 4.99 Å². The van der Waals surface area contributed by atoms with Crippen molar-refractivity contribution in [2.75, 3.05) is 16.9 Å². The lowest BCUT2D eigenvalue weighted by Gasteiger charge is -1.99. The van der Waals surface area contributed by atoms with Crippen molar-refractivity contribution < 1.29 is 10.2 Å². The molecule has 60 valence electrons. The number of nitrogen functional groups attached to an aromatic ring is 2. The van der Waals surface area contributed by atoms with Gasteiger partial charge in [0.25, 0.3) is 5.95 Å². The summed E-state index contributed by atoms with van der Waals surface area (Å²) in [6.07, 6.45) is 0. The van der Waals surface area contributed by atoms with Gasteiger partial charge >= 0.3 is 0 Å². The van der Waals surface area contributed by atoms with Crippen LogP contribution in [0.4, 0.5) is 17.8 Å². The van der Waals surface area contributed by atoms with Gasteiger partial charge in [-0.15, -0.1) is 4.99 Å². The fourth-order valence-corrected chi connectivity index (χ4v) is 0.496. The van der Waals surface area contributed by atoms with Gasteiger partial charge in [-0.05, 0) is 0 Å². The van der Waals surface area contributed by atoms with Gasteiger partial charge in [0, 0.05) is 0 Å². The first-order valence-electron chi connectivity index (χ1n) is 2.56. The summed E-state index contributed by atoms with van der Waals surface area (Å²) in [6, 6.07) is 0. The maximum Gasteiger partial charge on any atom is 0.256 e. The minimum absolute atomic E-state index is 0.0579. The molecule has 0 atom stereocenters. The van der Waals surface area contributed by atoms with Crippen LogP contribution in [0.2, 0.25) is 0 Å². The van der Waals surface area contributed by atoms with E-state index >= 15 is 0 Å². The Hall–Kier alpha value is -1.67. The van der Waals surface area contributed by atoms with E-state index < -0.39 is 0 Å². The summed E-state index contributed by atoms with van der Waals surface area (Å²) in [4.78, 5) is 14.0. The third-order valence-corrected chi connectivity index (χ3v) is 0.807. The molecule has 8 nitrogen and oxygen atoms in total. The Morgan fingerprint density at radius 1 is 1.18 bits per heavy atom. The predicted octanol–water partition coefficient (Wildman–Crippen LogP) is -1.15. The van der Waals surface area contributed by atoms with Crippen LogP contribution in [0, 0.1) is 0 Å². The second kappa shape index (κ2) is 2.94. The first kappa shape index (κ1) is 7.44. The lowest BCUT2D eigenvalue weighted by molar-refractivity contribution is -0.216. The number of anilines is 3. The van der Waals surface area contributed by atoms with Crippen LogP contribution < -0.4 is 16.9 Å². The summed E-state index contributed by atoms with van der Waals surface area (Å²) in [5, 5.41) is 7.91. The highest BCUT2D eigenvalue weighted by molar-refractivity contribution is 5.35. The van der Waals surface area contributed by atoms with Gasteiger partial charge in [0.15, 0.2) is 0 Å². The zero-order chi connectivity index (χ0) is 8.27. The molecule has 8 heteroatoms. The average Bonchev–Trinajstić information content (AvgIpc) is 1.85. The molecule has 0 bridgehead atoms. The molecule has 1 heterocycles. The quantitative estimate of drug-likeness (QED) is 0.313. The molecule has 0 spiro atoms. The highest BCUT2D eigenvalue weighted by atomic mass is 17.2. The maximum absolute atomic E-state index is 7.91. The minimum Gasteiger partial charge on any atom is -0.368 e. The van der Waals surface area contributed by atoms with Crippen LogP contribution in [0.15, 0.2) is 0 Å². The summed E-state index contributed by atoms with van der Waals surface area (Å²) in [6.45, 7) is 0. The summed E-state index contributed by atoms with van der Waals surface area (Å²) < 4.78 is 0. The van der Waals surface area contributed by atoms with Gasteiger partial charge in [-0.2, -0.15) is 15.0 Å². The van der Waals surface area contributed by atoms with Crippen molar-refractivity contribution in [2.45, 2.75) is 0 Å². The summed E-state index contributed by atoms with van der Waals surface area (Å²) in [7, 11) is 0. The monoisotopic (exact) mass is 158 g/mol. The molecule has 11 heavy (non-hydrogen) atoms. The molecule has 6 N–H and O–H groups in total. The number of nitrogens with zero attached hydrogens (tertiary/aromatic N) is 3. The maximum atomic E-state index is 7.91. The fraction of sp³-hybridized carbons (Fsp3) is 0. The van der Waals surface area contributed by atoms with E-state index in [2.05, 4.69) is 19.9 Å². The molecule has 0 unspecified atom stereocenters. The Bertz CT molecular complexity index is 231. The van der Waals surface area contributed by atoms with E-state index in [-0.39, 0.29) is 17.8 Å². The second-order valence-electron chi connectivity index (χ2n) is 1.57. The third-order valence-electron chi connectivity index (χ3n) is 0.807. The van der Waals surface area contributed by atoms with Gasteiger partial charge < -0.3 is 11.5 Å². The highest BCUT2D eigenvalue weighted by Crippen LogP contribution is 2.01. The Labute approximate surface area is 61.1 Å². The number of hydrogen-bond acceptors (Lipinski definition) is 8. The number of hydrogen-bond donors (Lipinski definition) is 4. The van der Waals surface area contributed by atoms with Gasteiger partial charge in [0.1, 0.15) is 0 Å². The summed E-state index contributed by atoms with van der Waals surface area (Å²) in [5.41, 5.74) is 12.3. The van der Waals surface area contributed by atoms with Crippen LogP contribution >= 0.6 is 0 Å². The molecule has 0 aliphatic rings.